The van der Waals surface area contributed by atoms with Crippen molar-refractivity contribution in [3.8, 4) is 0 Å². The summed E-state index contributed by atoms with van der Waals surface area (Å²) in [7, 11) is -3.23. The minimum absolute atomic E-state index is 0.0494. The van der Waals surface area contributed by atoms with Crippen LogP contribution in [0.1, 0.15) is 67.7 Å². The van der Waals surface area contributed by atoms with E-state index in [0.29, 0.717) is 19.0 Å². The molecule has 1 unspecified atom stereocenters. The van der Waals surface area contributed by atoms with E-state index in [9.17, 15) is 13.2 Å². The third-order valence-electron chi connectivity index (χ3n) is 4.10. The molecule has 0 aliphatic heterocycles. The van der Waals surface area contributed by atoms with Crippen LogP contribution in [0.15, 0.2) is 4.99 Å². The lowest BCUT2D eigenvalue weighted by atomic mass is 10.1. The highest BCUT2D eigenvalue weighted by atomic mass is 32.2. The maximum absolute atomic E-state index is 11.9. The van der Waals surface area contributed by atoms with E-state index in [0.717, 1.165) is 19.3 Å². The van der Waals surface area contributed by atoms with Crippen molar-refractivity contribution in [2.24, 2.45) is 4.99 Å². The summed E-state index contributed by atoms with van der Waals surface area (Å²) < 4.78 is 28.1. The first-order valence-corrected chi connectivity index (χ1v) is 11.8. The van der Waals surface area contributed by atoms with E-state index < -0.39 is 26.3 Å². The second-order valence-corrected chi connectivity index (χ2v) is 11.2. The van der Waals surface area contributed by atoms with Crippen molar-refractivity contribution in [1.82, 2.24) is 16.0 Å². The summed E-state index contributed by atoms with van der Waals surface area (Å²) in [5.41, 5.74) is -0.552. The molecule has 166 valence electrons. The number of hydrogen-bond acceptors (Lipinski definition) is 5. The lowest BCUT2D eigenvalue weighted by Gasteiger charge is -2.25. The molecule has 28 heavy (non-hydrogen) atoms. The number of rotatable bonds is 10. The van der Waals surface area contributed by atoms with Gasteiger partial charge in [-0.05, 0) is 48.0 Å². The molecular formula is C19H40N4O4S. The number of carbonyl (C=O) groups is 1. The fraction of sp³-hybridized carbons (Fsp3) is 0.895. The van der Waals surface area contributed by atoms with Gasteiger partial charge >= 0.3 is 6.09 Å². The summed E-state index contributed by atoms with van der Waals surface area (Å²) in [4.78, 5) is 16.4. The molecule has 0 bridgehead atoms. The summed E-state index contributed by atoms with van der Waals surface area (Å²) in [6.07, 6.45) is 3.61. The van der Waals surface area contributed by atoms with Gasteiger partial charge in [0.1, 0.15) is 5.60 Å². The molecule has 0 aliphatic rings. The minimum atomic E-state index is -3.23. The Hall–Kier alpha value is -1.51. The molecule has 0 aromatic heterocycles. The molecule has 3 N–H and O–H groups in total. The Bertz CT molecular complexity index is 610. The van der Waals surface area contributed by atoms with E-state index in [-0.39, 0.29) is 12.6 Å². The number of carbonyl (C=O) groups excluding carboxylic acids is 1. The van der Waals surface area contributed by atoms with Crippen molar-refractivity contribution in [2.75, 3.05) is 25.9 Å². The Morgan fingerprint density at radius 1 is 1.11 bits per heavy atom. The lowest BCUT2D eigenvalue weighted by molar-refractivity contribution is 0.0522. The molecule has 0 saturated carbocycles. The Labute approximate surface area is 171 Å². The van der Waals surface area contributed by atoms with Crippen LogP contribution in [0.3, 0.4) is 0 Å². The maximum atomic E-state index is 11.9. The predicted molar refractivity (Wildman–Crippen MR) is 116 cm³/mol. The second kappa shape index (κ2) is 11.5. The van der Waals surface area contributed by atoms with Gasteiger partial charge in [-0.25, -0.2) is 13.2 Å². The smallest absolute Gasteiger partial charge is 0.407 e. The maximum Gasteiger partial charge on any atom is 0.407 e. The largest absolute Gasteiger partial charge is 0.444 e. The minimum Gasteiger partial charge on any atom is -0.444 e. The van der Waals surface area contributed by atoms with Crippen molar-refractivity contribution in [3.05, 3.63) is 0 Å². The molecular weight excluding hydrogens is 380 g/mol. The van der Waals surface area contributed by atoms with Crippen molar-refractivity contribution in [3.63, 3.8) is 0 Å². The number of unbranched alkanes of at least 4 members (excludes halogenated alkanes) is 1. The Balaban J connectivity index is 5.10. The van der Waals surface area contributed by atoms with Crippen LogP contribution >= 0.6 is 0 Å². The average molecular weight is 421 g/mol. The van der Waals surface area contributed by atoms with Gasteiger partial charge in [0.25, 0.3) is 0 Å². The van der Waals surface area contributed by atoms with Crippen LogP contribution in [0, 0.1) is 0 Å². The van der Waals surface area contributed by atoms with Crippen LogP contribution in [0.5, 0.6) is 0 Å². The fourth-order valence-corrected chi connectivity index (χ4v) is 2.40. The predicted octanol–water partition coefficient (Wildman–Crippen LogP) is 2.45. The molecule has 0 fully saturated rings. The summed E-state index contributed by atoms with van der Waals surface area (Å²) in [5.74, 6) is 0.534. The molecule has 8 nitrogen and oxygen atoms in total. The van der Waals surface area contributed by atoms with Gasteiger partial charge in [-0.2, -0.15) is 0 Å². The molecule has 0 saturated heterocycles. The summed E-state index contributed by atoms with van der Waals surface area (Å²) in [6, 6.07) is -0.0494. The number of guanidine groups is 1. The molecule has 0 aromatic carbocycles. The molecule has 0 radical (unpaired) electrons. The number of nitrogens with zero attached hydrogens (tertiary/aromatic N) is 1. The summed E-state index contributed by atoms with van der Waals surface area (Å²) >= 11 is 0. The number of aliphatic imine (C=N–C) groups is 1. The monoisotopic (exact) mass is 420 g/mol. The molecule has 0 heterocycles. The first-order valence-electron chi connectivity index (χ1n) is 9.93. The van der Waals surface area contributed by atoms with E-state index in [2.05, 4.69) is 27.9 Å². The van der Waals surface area contributed by atoms with Crippen LogP contribution in [-0.2, 0) is 14.6 Å². The highest BCUT2D eigenvalue weighted by Crippen LogP contribution is 2.15. The molecule has 0 aromatic rings. The Kier molecular flexibility index (Phi) is 10.9. The zero-order chi connectivity index (χ0) is 22.0. The van der Waals surface area contributed by atoms with Crippen molar-refractivity contribution < 1.29 is 17.9 Å². The van der Waals surface area contributed by atoms with Gasteiger partial charge in [0.05, 0.1) is 11.3 Å². The van der Waals surface area contributed by atoms with E-state index in [1.807, 2.05) is 27.7 Å². The van der Waals surface area contributed by atoms with Crippen LogP contribution in [0.25, 0.3) is 0 Å². The van der Waals surface area contributed by atoms with E-state index in [1.165, 1.54) is 6.26 Å². The van der Waals surface area contributed by atoms with Gasteiger partial charge in [-0.15, -0.1) is 0 Å². The van der Waals surface area contributed by atoms with Gasteiger partial charge in [-0.3, -0.25) is 4.99 Å². The SMILES string of the molecule is CCCCC(CNC(=O)OC(C)(C)C)NC(=NCC(C)(C)S(C)(=O)=O)NCC. The molecule has 9 heteroatoms. The highest BCUT2D eigenvalue weighted by molar-refractivity contribution is 7.92. The summed E-state index contributed by atoms with van der Waals surface area (Å²) in [6.45, 7) is 14.0. The lowest BCUT2D eigenvalue weighted by Crippen LogP contribution is -2.49. The zero-order valence-electron chi connectivity index (χ0n) is 18.8. The molecule has 1 atom stereocenters. The number of sulfone groups is 1. The topological polar surface area (TPSA) is 109 Å². The zero-order valence-corrected chi connectivity index (χ0v) is 19.6. The van der Waals surface area contributed by atoms with Crippen LogP contribution < -0.4 is 16.0 Å². The number of ether oxygens (including phenoxy) is 1. The van der Waals surface area contributed by atoms with Crippen molar-refractivity contribution in [2.45, 2.75) is 84.1 Å². The van der Waals surface area contributed by atoms with Crippen molar-refractivity contribution >= 4 is 21.9 Å². The Morgan fingerprint density at radius 3 is 2.18 bits per heavy atom. The first kappa shape index (κ1) is 26.5. The number of amides is 1. The van der Waals surface area contributed by atoms with E-state index >= 15 is 0 Å². The summed E-state index contributed by atoms with van der Waals surface area (Å²) in [5, 5.41) is 9.24. The fourth-order valence-electron chi connectivity index (χ4n) is 2.10. The quantitative estimate of drug-likeness (QED) is 0.370. The molecule has 1 amide bonds. The first-order chi connectivity index (χ1) is 12.7. The van der Waals surface area contributed by atoms with Gasteiger partial charge in [0.15, 0.2) is 15.8 Å². The average Bonchev–Trinajstić information content (AvgIpc) is 2.52. The number of hydrogen-bond donors (Lipinski definition) is 3. The normalized spacial score (nSPS) is 14.4. The van der Waals surface area contributed by atoms with E-state index in [1.54, 1.807) is 13.8 Å². The van der Waals surface area contributed by atoms with Gasteiger partial charge in [-0.1, -0.05) is 19.8 Å². The second-order valence-electron chi connectivity index (χ2n) is 8.59. The number of nitrogens with one attached hydrogen (secondary N) is 3. The molecule has 0 spiro atoms. The third kappa shape index (κ3) is 11.4. The van der Waals surface area contributed by atoms with E-state index in [4.69, 9.17) is 4.74 Å². The standard InChI is InChI=1S/C19H40N4O4S/c1-9-11-12-15(13-21-17(24)27-18(3,4)5)23-16(20-10-2)22-14-19(6,7)28(8,25)26/h15H,9-14H2,1-8H3,(H,21,24)(H2,20,22,23). The van der Waals surface area contributed by atoms with Gasteiger partial charge in [0, 0.05) is 25.4 Å². The molecule has 0 rings (SSSR count). The highest BCUT2D eigenvalue weighted by Gasteiger charge is 2.30. The van der Waals surface area contributed by atoms with Gasteiger partial charge in [0.2, 0.25) is 0 Å². The van der Waals surface area contributed by atoms with Crippen molar-refractivity contribution in [1.29, 1.82) is 0 Å². The van der Waals surface area contributed by atoms with Crippen LogP contribution in [0.4, 0.5) is 4.79 Å². The van der Waals surface area contributed by atoms with Crippen LogP contribution in [0.2, 0.25) is 0 Å². The third-order valence-corrected chi connectivity index (χ3v) is 6.24. The van der Waals surface area contributed by atoms with Crippen LogP contribution in [-0.4, -0.2) is 62.8 Å². The molecule has 0 aliphatic carbocycles. The Morgan fingerprint density at radius 2 is 1.71 bits per heavy atom. The number of alkyl carbamates (subject to hydrolysis) is 1. The van der Waals surface area contributed by atoms with Gasteiger partial charge < -0.3 is 20.7 Å².